The molecule has 2 N–H and O–H groups in total. The van der Waals surface area contributed by atoms with Crippen molar-refractivity contribution >= 4 is 32.6 Å². The number of fused-ring (bicyclic) bond motifs is 1. The number of carbonyl (C=O) groups is 1. The number of piperazine rings is 1. The van der Waals surface area contributed by atoms with Gasteiger partial charge in [0.15, 0.2) is 5.13 Å². The Morgan fingerprint density at radius 1 is 1.11 bits per heavy atom. The number of rotatable bonds is 8. The molecule has 0 radical (unpaired) electrons. The monoisotopic (exact) mass is 517 g/mol. The molecule has 2 fully saturated rings. The summed E-state index contributed by atoms with van der Waals surface area (Å²) in [7, 11) is 0. The summed E-state index contributed by atoms with van der Waals surface area (Å²) < 4.78 is 9.20. The molecule has 3 aromatic heterocycles. The first-order chi connectivity index (χ1) is 18.2. The van der Waals surface area contributed by atoms with E-state index in [1.54, 1.807) is 17.5 Å². The quantitative estimate of drug-likeness (QED) is 0.355. The number of thiazole rings is 1. The normalized spacial score (nSPS) is 17.1. The third-order valence-corrected chi connectivity index (χ3v) is 7.90. The van der Waals surface area contributed by atoms with E-state index in [4.69, 9.17) is 9.72 Å². The molecule has 1 aliphatic heterocycles. The number of amides is 1. The molecule has 1 saturated heterocycles. The molecule has 4 aromatic rings. The van der Waals surface area contributed by atoms with E-state index < -0.39 is 0 Å². The van der Waals surface area contributed by atoms with Crippen molar-refractivity contribution in [3.8, 4) is 22.8 Å². The van der Waals surface area contributed by atoms with E-state index >= 15 is 0 Å². The molecule has 37 heavy (non-hydrogen) atoms. The van der Waals surface area contributed by atoms with E-state index in [0.717, 1.165) is 57.7 Å². The molecule has 1 aromatic carbocycles. The van der Waals surface area contributed by atoms with Gasteiger partial charge in [-0.2, -0.15) is 5.10 Å². The molecule has 1 saturated carbocycles. The molecule has 2 aliphatic rings. The van der Waals surface area contributed by atoms with Crippen LogP contribution in [-0.2, 0) is 11.3 Å². The molecule has 4 heterocycles. The van der Waals surface area contributed by atoms with E-state index in [2.05, 4.69) is 31.7 Å². The van der Waals surface area contributed by atoms with E-state index in [-0.39, 0.29) is 5.91 Å². The van der Waals surface area contributed by atoms with Crippen LogP contribution in [0.25, 0.3) is 21.5 Å². The summed E-state index contributed by atoms with van der Waals surface area (Å²) in [5.41, 5.74) is 2.72. The third-order valence-electron chi connectivity index (χ3n) is 6.95. The van der Waals surface area contributed by atoms with Crippen LogP contribution < -0.4 is 15.4 Å². The second-order valence-corrected chi connectivity index (χ2v) is 10.8. The number of carbonyl (C=O) groups excluding carboxylic acids is 1. The predicted octanol–water partition coefficient (Wildman–Crippen LogP) is 4.52. The smallest absolute Gasteiger partial charge is 0.234 e. The fourth-order valence-corrected chi connectivity index (χ4v) is 5.94. The minimum Gasteiger partial charge on any atom is -0.457 e. The number of pyridine rings is 1. The number of anilines is 1. The van der Waals surface area contributed by atoms with Crippen LogP contribution in [0.3, 0.4) is 0 Å². The van der Waals surface area contributed by atoms with E-state index in [9.17, 15) is 4.79 Å². The molecule has 0 unspecified atom stereocenters. The van der Waals surface area contributed by atoms with Crippen molar-refractivity contribution in [1.29, 1.82) is 0 Å². The van der Waals surface area contributed by atoms with Crippen LogP contribution in [0.1, 0.15) is 32.1 Å². The van der Waals surface area contributed by atoms with Crippen LogP contribution in [0.15, 0.2) is 48.9 Å². The highest BCUT2D eigenvalue weighted by Crippen LogP contribution is 2.33. The average Bonchev–Trinajstić information content (AvgIpc) is 3.55. The van der Waals surface area contributed by atoms with Crippen molar-refractivity contribution in [3.63, 3.8) is 0 Å². The molecule has 10 heteroatoms. The van der Waals surface area contributed by atoms with Gasteiger partial charge in [-0.3, -0.25) is 19.4 Å². The Morgan fingerprint density at radius 2 is 2.00 bits per heavy atom. The summed E-state index contributed by atoms with van der Waals surface area (Å²) >= 11 is 1.68. The molecule has 0 atom stereocenters. The molecule has 0 bridgehead atoms. The number of ether oxygens (including phenoxy) is 1. The van der Waals surface area contributed by atoms with E-state index in [1.165, 1.54) is 32.1 Å². The Morgan fingerprint density at radius 3 is 2.89 bits per heavy atom. The number of hydrogen-bond donors (Lipinski definition) is 2. The average molecular weight is 518 g/mol. The van der Waals surface area contributed by atoms with Crippen molar-refractivity contribution in [2.75, 3.05) is 31.5 Å². The topological polar surface area (TPSA) is 97.2 Å². The van der Waals surface area contributed by atoms with Crippen molar-refractivity contribution in [1.82, 2.24) is 30.0 Å². The van der Waals surface area contributed by atoms with Crippen molar-refractivity contribution in [2.24, 2.45) is 0 Å². The Hall–Kier alpha value is -3.50. The number of hydrogen-bond acceptors (Lipinski definition) is 8. The lowest BCUT2D eigenvalue weighted by Crippen LogP contribution is -2.48. The Bertz CT molecular complexity index is 1380. The van der Waals surface area contributed by atoms with Gasteiger partial charge >= 0.3 is 0 Å². The summed E-state index contributed by atoms with van der Waals surface area (Å²) in [6.07, 6.45) is 12.0. The fourth-order valence-electron chi connectivity index (χ4n) is 4.96. The van der Waals surface area contributed by atoms with Crippen LogP contribution in [0.4, 0.5) is 5.13 Å². The standard InChI is InChI=1S/C27H31N7O2S/c35-26-18-33(11-10-29-26)12-13-34-17-19(16-30-34)24-14-22(8-9-28-24)36-21-6-7-23-25(15-21)37-27(32-23)31-20-4-2-1-3-5-20/h6-9,14-17,20H,1-5,10-13,18H2,(H,29,35)(H,31,32). The highest BCUT2D eigenvalue weighted by Gasteiger charge is 2.17. The number of nitrogens with one attached hydrogen (secondary N) is 2. The molecule has 6 rings (SSSR count). The Labute approximate surface area is 219 Å². The van der Waals surface area contributed by atoms with E-state index in [0.29, 0.717) is 19.1 Å². The summed E-state index contributed by atoms with van der Waals surface area (Å²) in [5, 5.41) is 12.0. The zero-order chi connectivity index (χ0) is 25.0. The second-order valence-electron chi connectivity index (χ2n) is 9.72. The third kappa shape index (κ3) is 5.91. The number of aromatic nitrogens is 4. The highest BCUT2D eigenvalue weighted by atomic mass is 32.1. The lowest BCUT2D eigenvalue weighted by Gasteiger charge is -2.26. The van der Waals surface area contributed by atoms with Gasteiger partial charge < -0.3 is 15.4 Å². The van der Waals surface area contributed by atoms with Gasteiger partial charge in [-0.1, -0.05) is 30.6 Å². The first-order valence-corrected chi connectivity index (χ1v) is 13.8. The van der Waals surface area contributed by atoms with Gasteiger partial charge in [-0.15, -0.1) is 0 Å². The van der Waals surface area contributed by atoms with Gasteiger partial charge in [0.25, 0.3) is 0 Å². The zero-order valence-corrected chi connectivity index (χ0v) is 21.5. The Kier molecular flexibility index (Phi) is 7.00. The zero-order valence-electron chi connectivity index (χ0n) is 20.7. The highest BCUT2D eigenvalue weighted by molar-refractivity contribution is 7.22. The molecule has 0 spiro atoms. The van der Waals surface area contributed by atoms with Gasteiger partial charge in [0, 0.05) is 55.8 Å². The SMILES string of the molecule is O=C1CN(CCn2cc(-c3cc(Oc4ccc5nc(NC6CCCCC6)sc5c4)ccn3)cn2)CCN1. The van der Waals surface area contributed by atoms with Crippen LogP contribution in [0.2, 0.25) is 0 Å². The van der Waals surface area contributed by atoms with Gasteiger partial charge in [0.1, 0.15) is 11.5 Å². The molecule has 9 nitrogen and oxygen atoms in total. The van der Waals surface area contributed by atoms with E-state index in [1.807, 2.05) is 41.3 Å². The minimum atomic E-state index is 0.0828. The number of benzene rings is 1. The summed E-state index contributed by atoms with van der Waals surface area (Å²) in [5.74, 6) is 1.58. The number of nitrogens with zero attached hydrogens (tertiary/aromatic N) is 5. The van der Waals surface area contributed by atoms with Gasteiger partial charge in [0.05, 0.1) is 35.2 Å². The lowest BCUT2D eigenvalue weighted by molar-refractivity contribution is -0.124. The summed E-state index contributed by atoms with van der Waals surface area (Å²) in [4.78, 5) is 23.0. The lowest BCUT2D eigenvalue weighted by atomic mass is 9.96. The largest absolute Gasteiger partial charge is 0.457 e. The van der Waals surface area contributed by atoms with Crippen LogP contribution in [0.5, 0.6) is 11.5 Å². The van der Waals surface area contributed by atoms with Crippen LogP contribution in [-0.4, -0.2) is 62.8 Å². The molecular formula is C27H31N7O2S. The van der Waals surface area contributed by atoms with Crippen molar-refractivity contribution in [2.45, 2.75) is 44.7 Å². The van der Waals surface area contributed by atoms with Crippen molar-refractivity contribution < 1.29 is 9.53 Å². The maximum atomic E-state index is 11.6. The summed E-state index contributed by atoms with van der Waals surface area (Å²) in [6, 6.07) is 10.4. The minimum absolute atomic E-state index is 0.0828. The molecule has 1 aliphatic carbocycles. The predicted molar refractivity (Wildman–Crippen MR) is 145 cm³/mol. The molecule has 192 valence electrons. The van der Waals surface area contributed by atoms with Gasteiger partial charge in [-0.05, 0) is 31.0 Å². The van der Waals surface area contributed by atoms with Crippen LogP contribution >= 0.6 is 11.3 Å². The van der Waals surface area contributed by atoms with Crippen molar-refractivity contribution in [3.05, 3.63) is 48.9 Å². The second kappa shape index (κ2) is 10.9. The first kappa shape index (κ1) is 23.9. The maximum absolute atomic E-state index is 11.6. The Balaban J connectivity index is 1.10. The first-order valence-electron chi connectivity index (χ1n) is 13.0. The molecular weight excluding hydrogens is 486 g/mol. The molecule has 1 amide bonds. The maximum Gasteiger partial charge on any atom is 0.234 e. The fraction of sp³-hybridized carbons (Fsp3) is 0.407. The van der Waals surface area contributed by atoms with Crippen LogP contribution in [0, 0.1) is 0 Å². The summed E-state index contributed by atoms with van der Waals surface area (Å²) in [6.45, 7) is 3.51. The van der Waals surface area contributed by atoms with Gasteiger partial charge in [-0.25, -0.2) is 4.98 Å². The van der Waals surface area contributed by atoms with Gasteiger partial charge in [0.2, 0.25) is 5.91 Å².